The molecule has 0 bridgehead atoms. The molecular formula is C16H26N2O. The summed E-state index contributed by atoms with van der Waals surface area (Å²) in [5, 5.41) is 14.5. The third-order valence-corrected chi connectivity index (χ3v) is 5.33. The van der Waals surface area contributed by atoms with E-state index < -0.39 is 0 Å². The van der Waals surface area contributed by atoms with Gasteiger partial charge in [0.25, 0.3) is 0 Å². The minimum atomic E-state index is 0.140. The lowest BCUT2D eigenvalue weighted by molar-refractivity contribution is 0.115. The van der Waals surface area contributed by atoms with Crippen molar-refractivity contribution in [2.24, 2.45) is 17.3 Å². The zero-order valence-corrected chi connectivity index (χ0v) is 12.2. The highest BCUT2D eigenvalue weighted by atomic mass is 16.3. The molecule has 1 aromatic heterocycles. The zero-order chi connectivity index (χ0) is 13.5. The molecule has 2 aliphatic rings. The van der Waals surface area contributed by atoms with Crippen LogP contribution in [0.15, 0.2) is 12.3 Å². The first-order chi connectivity index (χ1) is 9.19. The van der Waals surface area contributed by atoms with Crippen molar-refractivity contribution in [3.8, 4) is 0 Å². The summed E-state index contributed by atoms with van der Waals surface area (Å²) in [5.41, 5.74) is 1.31. The predicted molar refractivity (Wildman–Crippen MR) is 75.9 cm³/mol. The van der Waals surface area contributed by atoms with Crippen LogP contribution in [0.4, 0.5) is 0 Å². The first-order valence-electron chi connectivity index (χ1n) is 7.84. The van der Waals surface area contributed by atoms with E-state index in [1.807, 2.05) is 0 Å². The van der Waals surface area contributed by atoms with Gasteiger partial charge in [0, 0.05) is 12.8 Å². The fourth-order valence-corrected chi connectivity index (χ4v) is 4.06. The van der Waals surface area contributed by atoms with Crippen LogP contribution in [0.2, 0.25) is 0 Å². The second-order valence-electron chi connectivity index (χ2n) is 6.76. The molecule has 1 heterocycles. The summed E-state index contributed by atoms with van der Waals surface area (Å²) in [6.07, 6.45) is 9.18. The standard InChI is InChI=1S/C16H26N2O/c1-3-15(4-2)18-6-5-14(17-18)10-16(11-19)8-12-7-13(12)9-16/h5-6,12-13,15,19H,3-4,7-11H2,1-2H3. The molecule has 1 aromatic rings. The SMILES string of the molecule is CCC(CC)n1ccc(CC2(CO)CC3CC3C2)n1. The Labute approximate surface area is 116 Å². The van der Waals surface area contributed by atoms with Crippen molar-refractivity contribution in [1.82, 2.24) is 9.78 Å². The molecule has 0 aromatic carbocycles. The van der Waals surface area contributed by atoms with Gasteiger partial charge in [0.05, 0.1) is 11.7 Å². The van der Waals surface area contributed by atoms with Gasteiger partial charge in [-0.1, -0.05) is 13.8 Å². The number of fused-ring (bicyclic) bond motifs is 1. The summed E-state index contributed by atoms with van der Waals surface area (Å²) >= 11 is 0. The van der Waals surface area contributed by atoms with E-state index in [0.29, 0.717) is 12.6 Å². The highest BCUT2D eigenvalue weighted by Gasteiger charge is 2.53. The Balaban J connectivity index is 1.69. The molecule has 2 saturated carbocycles. The molecule has 0 spiro atoms. The average molecular weight is 262 g/mol. The highest BCUT2D eigenvalue weighted by molar-refractivity contribution is 5.10. The van der Waals surface area contributed by atoms with Gasteiger partial charge < -0.3 is 5.11 Å². The summed E-state index contributed by atoms with van der Waals surface area (Å²) in [7, 11) is 0. The zero-order valence-electron chi connectivity index (χ0n) is 12.2. The Morgan fingerprint density at radius 1 is 1.37 bits per heavy atom. The number of aromatic nitrogens is 2. The van der Waals surface area contributed by atoms with Crippen molar-refractivity contribution < 1.29 is 5.11 Å². The monoisotopic (exact) mass is 262 g/mol. The molecule has 0 saturated heterocycles. The van der Waals surface area contributed by atoms with Crippen LogP contribution in [-0.4, -0.2) is 21.5 Å². The van der Waals surface area contributed by atoms with Crippen LogP contribution in [0.1, 0.15) is 57.7 Å². The smallest absolute Gasteiger partial charge is 0.0631 e. The van der Waals surface area contributed by atoms with Crippen molar-refractivity contribution in [3.05, 3.63) is 18.0 Å². The van der Waals surface area contributed by atoms with E-state index in [0.717, 1.165) is 31.1 Å². The van der Waals surface area contributed by atoms with Gasteiger partial charge in [0.15, 0.2) is 0 Å². The molecule has 2 aliphatic carbocycles. The first kappa shape index (κ1) is 13.2. The summed E-state index contributed by atoms with van der Waals surface area (Å²) in [5.74, 6) is 1.82. The number of nitrogens with zero attached hydrogens (tertiary/aromatic N) is 2. The second-order valence-corrected chi connectivity index (χ2v) is 6.76. The van der Waals surface area contributed by atoms with E-state index in [2.05, 4.69) is 30.8 Å². The Bertz CT molecular complexity index is 426. The van der Waals surface area contributed by atoms with Gasteiger partial charge in [-0.3, -0.25) is 4.68 Å². The lowest BCUT2D eigenvalue weighted by atomic mass is 9.79. The molecule has 0 radical (unpaired) electrons. The number of aliphatic hydroxyl groups excluding tert-OH is 1. The fourth-order valence-electron chi connectivity index (χ4n) is 4.06. The molecule has 19 heavy (non-hydrogen) atoms. The number of hydrogen-bond donors (Lipinski definition) is 1. The van der Waals surface area contributed by atoms with Gasteiger partial charge >= 0.3 is 0 Å². The van der Waals surface area contributed by atoms with Crippen LogP contribution < -0.4 is 0 Å². The lowest BCUT2D eigenvalue weighted by Crippen LogP contribution is -2.26. The minimum Gasteiger partial charge on any atom is -0.396 e. The van der Waals surface area contributed by atoms with Gasteiger partial charge in [-0.2, -0.15) is 5.10 Å². The maximum atomic E-state index is 9.79. The van der Waals surface area contributed by atoms with E-state index in [-0.39, 0.29) is 5.41 Å². The van der Waals surface area contributed by atoms with Crippen LogP contribution in [-0.2, 0) is 6.42 Å². The lowest BCUT2D eigenvalue weighted by Gasteiger charge is -2.27. The number of rotatable bonds is 6. The number of aliphatic hydroxyl groups is 1. The van der Waals surface area contributed by atoms with E-state index in [4.69, 9.17) is 5.10 Å². The largest absolute Gasteiger partial charge is 0.396 e. The maximum Gasteiger partial charge on any atom is 0.0631 e. The minimum absolute atomic E-state index is 0.140. The third kappa shape index (κ3) is 2.45. The van der Waals surface area contributed by atoms with Crippen molar-refractivity contribution in [2.75, 3.05) is 6.61 Å². The first-order valence-corrected chi connectivity index (χ1v) is 7.84. The average Bonchev–Trinajstić information content (AvgIpc) is 2.85. The van der Waals surface area contributed by atoms with Crippen LogP contribution in [0.25, 0.3) is 0 Å². The van der Waals surface area contributed by atoms with Crippen molar-refractivity contribution in [1.29, 1.82) is 0 Å². The molecule has 3 rings (SSSR count). The topological polar surface area (TPSA) is 38.0 Å². The molecule has 0 amide bonds. The molecule has 1 N–H and O–H groups in total. The van der Waals surface area contributed by atoms with Gasteiger partial charge in [0.2, 0.25) is 0 Å². The molecular weight excluding hydrogens is 236 g/mol. The Morgan fingerprint density at radius 2 is 2.05 bits per heavy atom. The highest BCUT2D eigenvalue weighted by Crippen LogP contribution is 2.60. The van der Waals surface area contributed by atoms with Crippen LogP contribution in [0, 0.1) is 17.3 Å². The van der Waals surface area contributed by atoms with Gasteiger partial charge in [-0.15, -0.1) is 0 Å². The Kier molecular flexibility index (Phi) is 3.42. The molecule has 0 aliphatic heterocycles. The van der Waals surface area contributed by atoms with Crippen molar-refractivity contribution in [3.63, 3.8) is 0 Å². The van der Waals surface area contributed by atoms with Crippen molar-refractivity contribution >= 4 is 0 Å². The molecule has 3 nitrogen and oxygen atoms in total. The van der Waals surface area contributed by atoms with Crippen molar-refractivity contribution in [2.45, 2.75) is 58.4 Å². The normalized spacial score (nSPS) is 32.8. The second kappa shape index (κ2) is 4.93. The van der Waals surface area contributed by atoms with Crippen LogP contribution in [0.5, 0.6) is 0 Å². The van der Waals surface area contributed by atoms with Crippen LogP contribution >= 0.6 is 0 Å². The molecule has 106 valence electrons. The summed E-state index contributed by atoms with van der Waals surface area (Å²) in [6.45, 7) is 4.77. The summed E-state index contributed by atoms with van der Waals surface area (Å²) in [4.78, 5) is 0. The molecule has 2 unspecified atom stereocenters. The number of hydrogen-bond acceptors (Lipinski definition) is 2. The van der Waals surface area contributed by atoms with Gasteiger partial charge in [-0.05, 0) is 61.8 Å². The molecule has 2 atom stereocenters. The maximum absolute atomic E-state index is 9.79. The Morgan fingerprint density at radius 3 is 2.63 bits per heavy atom. The van der Waals surface area contributed by atoms with Gasteiger partial charge in [-0.25, -0.2) is 0 Å². The Hall–Kier alpha value is -0.830. The quantitative estimate of drug-likeness (QED) is 0.855. The third-order valence-electron chi connectivity index (χ3n) is 5.33. The van der Waals surface area contributed by atoms with E-state index in [1.165, 1.54) is 25.0 Å². The summed E-state index contributed by atoms with van der Waals surface area (Å²) in [6, 6.07) is 2.68. The van der Waals surface area contributed by atoms with E-state index in [1.54, 1.807) is 0 Å². The predicted octanol–water partition coefficient (Wildman–Crippen LogP) is 3.20. The summed E-state index contributed by atoms with van der Waals surface area (Å²) < 4.78 is 2.12. The fraction of sp³-hybridized carbons (Fsp3) is 0.812. The van der Waals surface area contributed by atoms with E-state index in [9.17, 15) is 5.11 Å². The van der Waals surface area contributed by atoms with Crippen LogP contribution in [0.3, 0.4) is 0 Å². The van der Waals surface area contributed by atoms with E-state index >= 15 is 0 Å². The molecule has 2 fully saturated rings. The van der Waals surface area contributed by atoms with Gasteiger partial charge in [0.1, 0.15) is 0 Å². The molecule has 3 heteroatoms.